The molecule has 0 aliphatic carbocycles. The number of hydrogen-bond acceptors (Lipinski definition) is 6. The van der Waals surface area contributed by atoms with Gasteiger partial charge < -0.3 is 29.3 Å². The summed E-state index contributed by atoms with van der Waals surface area (Å²) in [6.45, 7) is 1.18. The molecule has 2 aromatic carbocycles. The number of benzene rings is 2. The first-order chi connectivity index (χ1) is 13.1. The molecule has 0 heterocycles. The largest absolute Gasteiger partial charge is 0.497 e. The van der Waals surface area contributed by atoms with Crippen molar-refractivity contribution in [2.45, 2.75) is 12.2 Å². The summed E-state index contributed by atoms with van der Waals surface area (Å²) in [6, 6.07) is 15.4. The molecular weight excluding hydrogens is 346 g/mol. The van der Waals surface area contributed by atoms with Crippen LogP contribution in [0.4, 0.5) is 0 Å². The molecule has 0 radical (unpaired) electrons. The molecule has 2 aromatic rings. The van der Waals surface area contributed by atoms with Gasteiger partial charge in [-0.15, -0.1) is 0 Å². The van der Waals surface area contributed by atoms with E-state index in [0.29, 0.717) is 13.1 Å². The van der Waals surface area contributed by atoms with E-state index in [1.54, 1.807) is 14.2 Å². The maximum atomic E-state index is 10.3. The van der Waals surface area contributed by atoms with E-state index in [-0.39, 0.29) is 19.3 Å². The Morgan fingerprint density at radius 3 is 1.78 bits per heavy atom. The van der Waals surface area contributed by atoms with Crippen molar-refractivity contribution in [1.29, 1.82) is 0 Å². The van der Waals surface area contributed by atoms with Gasteiger partial charge in [0.15, 0.2) is 0 Å². The Balaban J connectivity index is 2.13. The minimum atomic E-state index is -0.652. The lowest BCUT2D eigenvalue weighted by Crippen LogP contribution is -2.34. The third kappa shape index (κ3) is 6.52. The molecule has 1 unspecified atom stereocenters. The van der Waals surface area contributed by atoms with E-state index in [1.807, 2.05) is 60.5 Å². The Hall–Kier alpha value is -2.12. The van der Waals surface area contributed by atoms with Gasteiger partial charge in [0.2, 0.25) is 0 Å². The summed E-state index contributed by atoms with van der Waals surface area (Å²) < 4.78 is 16.5. The summed E-state index contributed by atoms with van der Waals surface area (Å²) in [5, 5.41) is 19.2. The summed E-state index contributed by atoms with van der Waals surface area (Å²) in [6.07, 6.45) is -0.972. The van der Waals surface area contributed by atoms with Crippen molar-refractivity contribution in [1.82, 2.24) is 4.90 Å². The number of nitrogens with zero attached hydrogens (tertiary/aromatic N) is 1. The van der Waals surface area contributed by atoms with Crippen LogP contribution in [0.15, 0.2) is 48.5 Å². The molecule has 0 aromatic heterocycles. The fourth-order valence-electron chi connectivity index (χ4n) is 2.82. The molecule has 0 aliphatic rings. The average Bonchev–Trinajstić information content (AvgIpc) is 2.69. The Bertz CT molecular complexity index is 612. The van der Waals surface area contributed by atoms with Crippen molar-refractivity contribution in [2.24, 2.45) is 0 Å². The van der Waals surface area contributed by atoms with Crippen LogP contribution in [0.1, 0.15) is 17.2 Å². The van der Waals surface area contributed by atoms with Crippen molar-refractivity contribution in [3.63, 3.8) is 0 Å². The van der Waals surface area contributed by atoms with Gasteiger partial charge in [-0.2, -0.15) is 0 Å². The monoisotopic (exact) mass is 375 g/mol. The lowest BCUT2D eigenvalue weighted by Gasteiger charge is -2.24. The topological polar surface area (TPSA) is 71.4 Å². The van der Waals surface area contributed by atoms with Crippen LogP contribution in [-0.2, 0) is 4.74 Å². The number of likely N-dealkylation sites (N-methyl/N-ethyl adjacent to an activating group) is 1. The first kappa shape index (κ1) is 21.2. The van der Waals surface area contributed by atoms with E-state index >= 15 is 0 Å². The molecule has 2 rings (SSSR count). The second kappa shape index (κ2) is 10.9. The summed E-state index contributed by atoms with van der Waals surface area (Å²) in [5.74, 6) is 1.55. The van der Waals surface area contributed by atoms with E-state index in [4.69, 9.17) is 19.3 Å². The van der Waals surface area contributed by atoms with E-state index < -0.39 is 6.10 Å². The highest BCUT2D eigenvalue weighted by molar-refractivity contribution is 5.36. The van der Waals surface area contributed by atoms with Crippen molar-refractivity contribution in [2.75, 3.05) is 47.6 Å². The van der Waals surface area contributed by atoms with Gasteiger partial charge in [-0.25, -0.2) is 0 Å². The van der Waals surface area contributed by atoms with Crippen LogP contribution in [0.2, 0.25) is 0 Å². The molecule has 0 amide bonds. The molecule has 27 heavy (non-hydrogen) atoms. The maximum Gasteiger partial charge on any atom is 0.118 e. The van der Waals surface area contributed by atoms with Crippen molar-refractivity contribution in [3.8, 4) is 11.5 Å². The normalized spacial score (nSPS) is 12.4. The molecule has 0 fully saturated rings. The molecule has 6 heteroatoms. The predicted octanol–water partition coefficient (Wildman–Crippen LogP) is 2.09. The standard InChI is InChI=1S/C21H29NO5/c1-22(12-13-23)14-18(24)15-27-21(16-4-8-19(25-2)9-5-16)17-6-10-20(26-3)11-7-17/h4-11,18,21,23-24H,12-15H2,1-3H3. The predicted molar refractivity (Wildman–Crippen MR) is 104 cm³/mol. The zero-order valence-electron chi connectivity index (χ0n) is 16.2. The Morgan fingerprint density at radius 2 is 1.37 bits per heavy atom. The van der Waals surface area contributed by atoms with Crippen LogP contribution in [0, 0.1) is 0 Å². The SMILES string of the molecule is COc1ccc(C(OCC(O)CN(C)CCO)c2ccc(OC)cc2)cc1. The van der Waals surface area contributed by atoms with Crippen LogP contribution in [-0.4, -0.2) is 68.8 Å². The molecule has 0 spiro atoms. The lowest BCUT2D eigenvalue weighted by atomic mass is 10.0. The third-order valence-corrected chi connectivity index (χ3v) is 4.30. The zero-order valence-corrected chi connectivity index (χ0v) is 16.2. The number of ether oxygens (including phenoxy) is 3. The van der Waals surface area contributed by atoms with Gasteiger partial charge >= 0.3 is 0 Å². The van der Waals surface area contributed by atoms with Crippen LogP contribution >= 0.6 is 0 Å². The highest BCUT2D eigenvalue weighted by Gasteiger charge is 2.18. The molecule has 1 atom stereocenters. The molecule has 6 nitrogen and oxygen atoms in total. The molecule has 0 bridgehead atoms. The highest BCUT2D eigenvalue weighted by atomic mass is 16.5. The lowest BCUT2D eigenvalue weighted by molar-refractivity contribution is -0.00672. The fraction of sp³-hybridized carbons (Fsp3) is 0.429. The maximum absolute atomic E-state index is 10.3. The number of hydrogen-bond donors (Lipinski definition) is 2. The molecule has 148 valence electrons. The van der Waals surface area contributed by atoms with Gasteiger partial charge in [0, 0.05) is 13.1 Å². The average molecular weight is 375 g/mol. The van der Waals surface area contributed by atoms with Gasteiger partial charge in [0.25, 0.3) is 0 Å². The first-order valence-corrected chi connectivity index (χ1v) is 8.94. The Labute approximate surface area is 160 Å². The summed E-state index contributed by atoms with van der Waals surface area (Å²) >= 11 is 0. The Morgan fingerprint density at radius 1 is 0.889 bits per heavy atom. The molecular formula is C21H29NO5. The number of rotatable bonds is 11. The minimum Gasteiger partial charge on any atom is -0.497 e. The fourth-order valence-corrected chi connectivity index (χ4v) is 2.82. The first-order valence-electron chi connectivity index (χ1n) is 8.94. The molecule has 0 saturated carbocycles. The van der Waals surface area contributed by atoms with E-state index in [9.17, 15) is 5.11 Å². The van der Waals surface area contributed by atoms with E-state index in [2.05, 4.69) is 0 Å². The summed E-state index contributed by atoms with van der Waals surface area (Å²) in [5.41, 5.74) is 1.94. The summed E-state index contributed by atoms with van der Waals surface area (Å²) in [4.78, 5) is 1.86. The van der Waals surface area contributed by atoms with Gasteiger partial charge in [0.05, 0.1) is 33.5 Å². The van der Waals surface area contributed by atoms with Crippen molar-refractivity contribution in [3.05, 3.63) is 59.7 Å². The van der Waals surface area contributed by atoms with Gasteiger partial charge in [-0.1, -0.05) is 24.3 Å². The van der Waals surface area contributed by atoms with Gasteiger partial charge in [-0.05, 0) is 42.4 Å². The number of aliphatic hydroxyl groups is 2. The van der Waals surface area contributed by atoms with Crippen LogP contribution in [0.3, 0.4) is 0 Å². The van der Waals surface area contributed by atoms with Crippen LogP contribution in [0.5, 0.6) is 11.5 Å². The number of methoxy groups -OCH3 is 2. The molecule has 2 N–H and O–H groups in total. The minimum absolute atomic E-state index is 0.0599. The zero-order chi connectivity index (χ0) is 19.6. The van der Waals surface area contributed by atoms with Gasteiger partial charge in [-0.3, -0.25) is 0 Å². The summed E-state index contributed by atoms with van der Waals surface area (Å²) in [7, 11) is 5.11. The number of aliphatic hydroxyl groups excluding tert-OH is 2. The van der Waals surface area contributed by atoms with E-state index in [1.165, 1.54) is 0 Å². The third-order valence-electron chi connectivity index (χ3n) is 4.30. The molecule has 0 saturated heterocycles. The smallest absolute Gasteiger partial charge is 0.118 e. The van der Waals surface area contributed by atoms with E-state index in [0.717, 1.165) is 22.6 Å². The molecule has 0 aliphatic heterocycles. The van der Waals surface area contributed by atoms with Crippen molar-refractivity contribution >= 4 is 0 Å². The van der Waals surface area contributed by atoms with Crippen LogP contribution in [0.25, 0.3) is 0 Å². The second-order valence-electron chi connectivity index (χ2n) is 6.40. The second-order valence-corrected chi connectivity index (χ2v) is 6.40. The highest BCUT2D eigenvalue weighted by Crippen LogP contribution is 2.29. The van der Waals surface area contributed by atoms with Gasteiger partial charge in [0.1, 0.15) is 17.6 Å². The quantitative estimate of drug-likeness (QED) is 0.627. The van der Waals surface area contributed by atoms with Crippen LogP contribution < -0.4 is 9.47 Å². The Kier molecular flexibility index (Phi) is 8.54. The van der Waals surface area contributed by atoms with Crippen molar-refractivity contribution < 1.29 is 24.4 Å².